The first kappa shape index (κ1) is 29.4. The van der Waals surface area contributed by atoms with Crippen molar-refractivity contribution in [2.75, 3.05) is 30.9 Å². The molecule has 0 spiro atoms. The Morgan fingerprint density at radius 1 is 1.18 bits per heavy atom. The molecule has 3 rings (SSSR count). The summed E-state index contributed by atoms with van der Waals surface area (Å²) in [5.74, 6) is -1.68. The zero-order valence-corrected chi connectivity index (χ0v) is 23.8. The number of hydrogen-bond acceptors (Lipinski definition) is 6. The molecule has 9 nitrogen and oxygen atoms in total. The van der Waals surface area contributed by atoms with E-state index in [1.807, 2.05) is 30.1 Å². The van der Waals surface area contributed by atoms with Crippen LogP contribution < -0.4 is 15.5 Å². The summed E-state index contributed by atoms with van der Waals surface area (Å²) in [7, 11) is -0.745. The number of rotatable bonds is 8. The van der Waals surface area contributed by atoms with Crippen LogP contribution in [0.25, 0.3) is 0 Å². The van der Waals surface area contributed by atoms with E-state index >= 15 is 0 Å². The third-order valence-electron chi connectivity index (χ3n) is 7.49. The van der Waals surface area contributed by atoms with Crippen LogP contribution in [0.1, 0.15) is 63.2 Å². The van der Waals surface area contributed by atoms with Gasteiger partial charge in [0, 0.05) is 38.1 Å². The Morgan fingerprint density at radius 3 is 2.39 bits per heavy atom. The van der Waals surface area contributed by atoms with Crippen molar-refractivity contribution in [3.05, 3.63) is 54.3 Å². The van der Waals surface area contributed by atoms with Gasteiger partial charge in [-0.3, -0.25) is 4.79 Å². The highest BCUT2D eigenvalue weighted by atomic mass is 32.2. The Kier molecular flexibility index (Phi) is 9.09. The summed E-state index contributed by atoms with van der Waals surface area (Å²) in [5, 5.41) is 15.0. The molecule has 38 heavy (non-hydrogen) atoms. The predicted molar refractivity (Wildman–Crippen MR) is 151 cm³/mol. The summed E-state index contributed by atoms with van der Waals surface area (Å²) in [6.07, 6.45) is 12.5. The lowest BCUT2D eigenvalue weighted by molar-refractivity contribution is -0.143. The van der Waals surface area contributed by atoms with E-state index in [1.165, 1.54) is 24.2 Å². The minimum absolute atomic E-state index is 0.00458. The number of hydrogen-bond donors (Lipinski definition) is 3. The highest BCUT2D eigenvalue weighted by Crippen LogP contribution is 2.41. The first-order valence-electron chi connectivity index (χ1n) is 13.0. The summed E-state index contributed by atoms with van der Waals surface area (Å²) < 4.78 is 29.7. The molecule has 0 unspecified atom stereocenters. The van der Waals surface area contributed by atoms with Gasteiger partial charge in [-0.15, -0.1) is 0 Å². The lowest BCUT2D eigenvalue weighted by atomic mass is 9.83. The number of carboxylic acid groups (broad SMARTS) is 1. The lowest BCUT2D eigenvalue weighted by Crippen LogP contribution is -2.49. The predicted octanol–water partition coefficient (Wildman–Crippen LogP) is 4.36. The van der Waals surface area contributed by atoms with Crippen molar-refractivity contribution in [3.63, 3.8) is 0 Å². The smallest absolute Gasteiger partial charge is 0.328 e. The maximum absolute atomic E-state index is 14.1. The van der Waals surface area contributed by atoms with E-state index in [9.17, 15) is 23.1 Å². The van der Waals surface area contributed by atoms with Gasteiger partial charge in [0.2, 0.25) is 10.0 Å². The Bertz CT molecular complexity index is 1250. The molecule has 10 heteroatoms. The second-order valence-corrected chi connectivity index (χ2v) is 12.4. The monoisotopic (exact) mass is 544 g/mol. The average molecular weight is 545 g/mol. The Morgan fingerprint density at radius 2 is 1.84 bits per heavy atom. The quantitative estimate of drug-likeness (QED) is 0.416. The van der Waals surface area contributed by atoms with Crippen molar-refractivity contribution in [3.8, 4) is 0 Å². The summed E-state index contributed by atoms with van der Waals surface area (Å²) in [5.41, 5.74) is 0.115. The van der Waals surface area contributed by atoms with Gasteiger partial charge in [-0.25, -0.2) is 13.2 Å². The highest BCUT2D eigenvalue weighted by Gasteiger charge is 2.42. The molecule has 1 aliphatic heterocycles. The van der Waals surface area contributed by atoms with Crippen molar-refractivity contribution in [1.82, 2.24) is 9.62 Å². The molecule has 1 aliphatic carbocycles. The van der Waals surface area contributed by atoms with Crippen molar-refractivity contribution in [2.24, 2.45) is 5.92 Å². The number of aliphatic carboxylic acids is 1. The van der Waals surface area contributed by atoms with E-state index in [2.05, 4.69) is 17.2 Å². The Balaban J connectivity index is 2.27. The van der Waals surface area contributed by atoms with Gasteiger partial charge in [-0.2, -0.15) is 4.31 Å². The van der Waals surface area contributed by atoms with Gasteiger partial charge in [0.15, 0.2) is 0 Å². The second kappa shape index (κ2) is 11.7. The average Bonchev–Trinajstić information content (AvgIpc) is 2.96. The normalized spacial score (nSPS) is 21.0. The first-order chi connectivity index (χ1) is 17.9. The molecule has 1 saturated carbocycles. The number of amides is 1. The van der Waals surface area contributed by atoms with E-state index in [1.54, 1.807) is 26.2 Å². The van der Waals surface area contributed by atoms with Crippen LogP contribution in [0, 0.1) is 5.92 Å². The highest BCUT2D eigenvalue weighted by molar-refractivity contribution is 7.89. The molecule has 0 radical (unpaired) electrons. The first-order valence-corrected chi connectivity index (χ1v) is 14.5. The molecule has 2 aliphatic rings. The molecule has 1 amide bonds. The van der Waals surface area contributed by atoms with Gasteiger partial charge in [0.25, 0.3) is 5.91 Å². The Hall–Kier alpha value is -3.11. The zero-order valence-electron chi connectivity index (χ0n) is 23.0. The van der Waals surface area contributed by atoms with Gasteiger partial charge in [-0.1, -0.05) is 38.0 Å². The lowest BCUT2D eigenvalue weighted by Gasteiger charge is -2.37. The van der Waals surface area contributed by atoms with Gasteiger partial charge in [-0.05, 0) is 63.8 Å². The molecule has 1 heterocycles. The molecular formula is C28H40N4O5S. The van der Waals surface area contributed by atoms with Gasteiger partial charge >= 0.3 is 5.97 Å². The van der Waals surface area contributed by atoms with Crippen LogP contribution in [-0.4, -0.2) is 61.9 Å². The van der Waals surface area contributed by atoms with Crippen molar-refractivity contribution in [1.29, 1.82) is 0 Å². The minimum atomic E-state index is -4.00. The Labute approximate surface area is 226 Å². The fourth-order valence-electron chi connectivity index (χ4n) is 5.26. The van der Waals surface area contributed by atoms with Crippen LogP contribution in [0.15, 0.2) is 53.6 Å². The van der Waals surface area contributed by atoms with Crippen LogP contribution in [0.2, 0.25) is 0 Å². The fraction of sp³-hybridized carbons (Fsp3) is 0.500. The molecule has 3 N–H and O–H groups in total. The SMILES string of the molecule is C=C/C=C(\C=C/C)N1C[C@@H](C2CCCCC2)N(C)S(=O)(=O)c2cc(C(=O)NC(C)(C)C(=O)O)c(NC)cc21. The number of likely N-dealkylation sites (N-methyl/N-ethyl adjacent to an activating group) is 1. The van der Waals surface area contributed by atoms with Gasteiger partial charge in [0.05, 0.1) is 11.3 Å². The minimum Gasteiger partial charge on any atom is -0.480 e. The van der Waals surface area contributed by atoms with Crippen LogP contribution in [0.5, 0.6) is 0 Å². The maximum atomic E-state index is 14.1. The van der Waals surface area contributed by atoms with E-state index in [-0.39, 0.29) is 22.4 Å². The molecule has 0 bridgehead atoms. The number of anilines is 2. The third kappa shape index (κ3) is 5.81. The standard InChI is InChI=1S/C28H40N4O5S/c1-7-12-20(13-8-2)32-18-24(19-14-10-9-11-15-19)31(6)38(36,37)25-16-21(22(29-5)17-23(25)32)26(33)30-28(3,4)27(34)35/h7-8,12-13,16-17,19,24,29H,1,9-11,14-15,18H2,2-6H3,(H,30,33)(H,34,35)/b13-8-,20-12+/t24-/m0/s1. The van der Waals surface area contributed by atoms with E-state index in [0.717, 1.165) is 37.8 Å². The van der Waals surface area contributed by atoms with E-state index in [4.69, 9.17) is 0 Å². The molecule has 1 atom stereocenters. The number of carbonyl (C=O) groups is 2. The molecule has 0 saturated heterocycles. The van der Waals surface area contributed by atoms with E-state index < -0.39 is 27.4 Å². The summed E-state index contributed by atoms with van der Waals surface area (Å²) in [4.78, 5) is 26.9. The number of nitrogens with zero attached hydrogens (tertiary/aromatic N) is 2. The van der Waals surface area contributed by atoms with Crippen molar-refractivity contribution in [2.45, 2.75) is 69.4 Å². The fourth-order valence-corrected chi connectivity index (χ4v) is 6.86. The number of carboxylic acids is 1. The summed E-state index contributed by atoms with van der Waals surface area (Å²) in [6, 6.07) is 2.75. The maximum Gasteiger partial charge on any atom is 0.328 e. The van der Waals surface area contributed by atoms with Crippen LogP contribution in [0.4, 0.5) is 11.4 Å². The molecular weight excluding hydrogens is 504 g/mol. The number of allylic oxidation sites excluding steroid dienone is 4. The van der Waals surface area contributed by atoms with Gasteiger partial charge in [0.1, 0.15) is 10.4 Å². The summed E-state index contributed by atoms with van der Waals surface area (Å²) >= 11 is 0. The van der Waals surface area contributed by atoms with Crippen LogP contribution >= 0.6 is 0 Å². The molecule has 1 aromatic rings. The molecule has 1 aromatic carbocycles. The number of nitrogens with one attached hydrogen (secondary N) is 2. The topological polar surface area (TPSA) is 119 Å². The number of carbonyl (C=O) groups excluding carboxylic acids is 1. The van der Waals surface area contributed by atoms with Crippen LogP contribution in [-0.2, 0) is 14.8 Å². The number of benzene rings is 1. The third-order valence-corrected chi connectivity index (χ3v) is 9.40. The number of sulfonamides is 1. The molecule has 1 fully saturated rings. The second-order valence-electron chi connectivity index (χ2n) is 10.4. The van der Waals surface area contributed by atoms with Crippen molar-refractivity contribution >= 4 is 33.3 Å². The van der Waals surface area contributed by atoms with E-state index in [0.29, 0.717) is 17.9 Å². The zero-order chi connectivity index (χ0) is 28.3. The largest absolute Gasteiger partial charge is 0.480 e. The van der Waals surface area contributed by atoms with Gasteiger partial charge < -0.3 is 20.6 Å². The van der Waals surface area contributed by atoms with Crippen molar-refractivity contribution < 1.29 is 23.1 Å². The summed E-state index contributed by atoms with van der Waals surface area (Å²) in [6.45, 7) is 8.94. The molecule has 208 valence electrons. The van der Waals surface area contributed by atoms with Crippen LogP contribution in [0.3, 0.4) is 0 Å². The number of fused-ring (bicyclic) bond motifs is 1. The molecule has 0 aromatic heterocycles.